The Morgan fingerprint density at radius 2 is 2.10 bits per heavy atom. The van der Waals surface area contributed by atoms with Crippen LogP contribution in [-0.4, -0.2) is 19.2 Å². The summed E-state index contributed by atoms with van der Waals surface area (Å²) in [6.45, 7) is 6.99. The van der Waals surface area contributed by atoms with E-state index in [-0.39, 0.29) is 10.8 Å². The molecule has 0 amide bonds. The fourth-order valence-electron chi connectivity index (χ4n) is 4.28. The number of imidazole rings is 1. The molecule has 1 saturated carbocycles. The molecule has 0 spiro atoms. The van der Waals surface area contributed by atoms with E-state index in [2.05, 4.69) is 36.2 Å². The van der Waals surface area contributed by atoms with Gasteiger partial charge in [-0.15, -0.1) is 0 Å². The van der Waals surface area contributed by atoms with Gasteiger partial charge in [0, 0.05) is 16.6 Å². The molecule has 2 aromatic rings. The van der Waals surface area contributed by atoms with E-state index in [4.69, 9.17) is 17.2 Å². The van der Waals surface area contributed by atoms with E-state index in [0.29, 0.717) is 0 Å². The third kappa shape index (κ3) is 1.81. The van der Waals surface area contributed by atoms with Gasteiger partial charge in [-0.05, 0) is 36.2 Å². The quantitative estimate of drug-likeness (QED) is 0.699. The van der Waals surface area contributed by atoms with Crippen molar-refractivity contribution in [2.75, 3.05) is 0 Å². The average Bonchev–Trinajstić information content (AvgIpc) is 2.73. The fraction of sp³-hybridized carbons (Fsp3) is 0.471. The molecule has 2 aliphatic rings. The molecule has 0 N–H and O–H groups in total. The van der Waals surface area contributed by atoms with Gasteiger partial charge in [0.25, 0.3) is 0 Å². The molecule has 0 saturated heterocycles. The van der Waals surface area contributed by atoms with Crippen molar-refractivity contribution < 1.29 is 0 Å². The Bertz CT molecular complexity index is 890. The van der Waals surface area contributed by atoms with Gasteiger partial charge >= 0.3 is 0 Å². The second-order valence-electron chi connectivity index (χ2n) is 7.44. The van der Waals surface area contributed by atoms with Crippen molar-refractivity contribution >= 4 is 34.4 Å². The molecule has 4 heteroatoms. The van der Waals surface area contributed by atoms with Gasteiger partial charge in [0.15, 0.2) is 0 Å². The lowest BCUT2D eigenvalue weighted by Crippen LogP contribution is -2.46. The van der Waals surface area contributed by atoms with E-state index in [1.54, 1.807) is 6.20 Å². The number of hydrogen-bond donors (Lipinski definition) is 0. The molecule has 4 rings (SSSR count). The predicted molar refractivity (Wildman–Crippen MR) is 88.4 cm³/mol. The number of thiocarbonyl (C=S) groups is 1. The van der Waals surface area contributed by atoms with E-state index < -0.39 is 0 Å². The van der Waals surface area contributed by atoms with Crippen LogP contribution in [-0.2, 0) is 0 Å². The zero-order valence-corrected chi connectivity index (χ0v) is 13.5. The van der Waals surface area contributed by atoms with Gasteiger partial charge < -0.3 is 0 Å². The third-order valence-corrected chi connectivity index (χ3v) is 5.19. The summed E-state index contributed by atoms with van der Waals surface area (Å²) in [7, 11) is 0. The Labute approximate surface area is 129 Å². The van der Waals surface area contributed by atoms with E-state index in [9.17, 15) is 0 Å². The molecule has 3 nitrogen and oxygen atoms in total. The highest BCUT2D eigenvalue weighted by molar-refractivity contribution is 7.81. The van der Waals surface area contributed by atoms with Crippen LogP contribution in [0.2, 0.25) is 0 Å². The normalized spacial score (nSPS) is 27.2. The van der Waals surface area contributed by atoms with E-state index in [0.717, 1.165) is 40.5 Å². The van der Waals surface area contributed by atoms with Gasteiger partial charge in [-0.1, -0.05) is 39.1 Å². The average molecular weight is 297 g/mol. The van der Waals surface area contributed by atoms with Crippen molar-refractivity contribution in [1.29, 1.82) is 0 Å². The van der Waals surface area contributed by atoms with Gasteiger partial charge in [0.2, 0.25) is 0 Å². The van der Waals surface area contributed by atoms with E-state index >= 15 is 0 Å². The monoisotopic (exact) mass is 297 g/mol. The lowest BCUT2D eigenvalue weighted by Gasteiger charge is -2.45. The molecular weight excluding hydrogens is 278 g/mol. The van der Waals surface area contributed by atoms with Crippen LogP contribution in [0.4, 0.5) is 0 Å². The zero-order valence-electron chi connectivity index (χ0n) is 12.7. The highest BCUT2D eigenvalue weighted by Gasteiger charge is 2.44. The maximum atomic E-state index is 5.79. The van der Waals surface area contributed by atoms with Crippen molar-refractivity contribution in [2.24, 2.45) is 10.8 Å². The lowest BCUT2D eigenvalue weighted by molar-refractivity contribution is 0.229. The Morgan fingerprint density at radius 3 is 2.90 bits per heavy atom. The van der Waals surface area contributed by atoms with Crippen LogP contribution in [0.3, 0.4) is 0 Å². The van der Waals surface area contributed by atoms with Gasteiger partial charge in [-0.2, -0.15) is 0 Å². The summed E-state index contributed by atoms with van der Waals surface area (Å²) < 4.78 is 2.07. The molecule has 108 valence electrons. The van der Waals surface area contributed by atoms with Crippen LogP contribution in [0.1, 0.15) is 40.0 Å². The first-order valence-corrected chi connectivity index (χ1v) is 7.87. The molecule has 2 aromatic heterocycles. The highest BCUT2D eigenvalue weighted by Crippen LogP contribution is 2.50. The van der Waals surface area contributed by atoms with E-state index in [1.165, 1.54) is 5.57 Å². The number of rotatable bonds is 0. The van der Waals surface area contributed by atoms with Crippen LogP contribution >= 0.6 is 12.2 Å². The summed E-state index contributed by atoms with van der Waals surface area (Å²) in [5.74, 6) is 0. The molecule has 2 aliphatic carbocycles. The van der Waals surface area contributed by atoms with Gasteiger partial charge in [0.05, 0.1) is 10.7 Å². The van der Waals surface area contributed by atoms with Crippen LogP contribution in [0.25, 0.3) is 17.3 Å². The van der Waals surface area contributed by atoms with Crippen molar-refractivity contribution in [3.8, 4) is 0 Å². The Hall–Kier alpha value is -1.55. The second-order valence-corrected chi connectivity index (χ2v) is 7.93. The van der Waals surface area contributed by atoms with Crippen molar-refractivity contribution in [2.45, 2.75) is 40.0 Å². The molecule has 1 fully saturated rings. The third-order valence-electron chi connectivity index (χ3n) is 4.84. The summed E-state index contributed by atoms with van der Waals surface area (Å²) in [6, 6.07) is 1.96. The van der Waals surface area contributed by atoms with E-state index in [1.807, 2.05) is 12.4 Å². The molecule has 0 aromatic carbocycles. The number of fused-ring (bicyclic) bond motifs is 4. The number of nitrogens with zero attached hydrogens (tertiary/aromatic N) is 3. The fourth-order valence-corrected chi connectivity index (χ4v) is 5.01. The lowest BCUT2D eigenvalue weighted by atomic mass is 9.59. The molecular formula is C17H19N3S. The molecule has 0 radical (unpaired) electrons. The molecule has 1 atom stereocenters. The first-order chi connectivity index (χ1) is 9.90. The molecule has 2 heterocycles. The topological polar surface area (TPSA) is 30.2 Å². The maximum absolute atomic E-state index is 5.79. The molecule has 21 heavy (non-hydrogen) atoms. The Morgan fingerprint density at radius 1 is 1.29 bits per heavy atom. The van der Waals surface area contributed by atoms with Crippen molar-refractivity contribution in [1.82, 2.24) is 14.4 Å². The smallest absolute Gasteiger partial charge is 0.140 e. The largest absolute Gasteiger partial charge is 0.283 e. The van der Waals surface area contributed by atoms with Crippen molar-refractivity contribution in [3.63, 3.8) is 0 Å². The molecule has 0 bridgehead atoms. The summed E-state index contributed by atoms with van der Waals surface area (Å²) in [4.78, 5) is 10.2. The molecule has 0 aliphatic heterocycles. The second kappa shape index (κ2) is 4.01. The first-order valence-electron chi connectivity index (χ1n) is 7.46. The highest BCUT2D eigenvalue weighted by atomic mass is 32.1. The molecule has 1 unspecified atom stereocenters. The first kappa shape index (κ1) is 13.1. The van der Waals surface area contributed by atoms with Crippen molar-refractivity contribution in [3.05, 3.63) is 29.3 Å². The Kier molecular flexibility index (Phi) is 2.51. The minimum Gasteiger partial charge on any atom is -0.283 e. The summed E-state index contributed by atoms with van der Waals surface area (Å²) in [5, 5.41) is 2.24. The summed E-state index contributed by atoms with van der Waals surface area (Å²) >= 11 is 5.79. The zero-order chi connectivity index (χ0) is 14.8. The van der Waals surface area contributed by atoms with Crippen LogP contribution in [0.15, 0.2) is 18.6 Å². The van der Waals surface area contributed by atoms with Gasteiger partial charge in [-0.3, -0.25) is 4.40 Å². The van der Waals surface area contributed by atoms with Crippen LogP contribution < -0.4 is 10.7 Å². The number of aromatic nitrogens is 3. The minimum atomic E-state index is 0.122. The summed E-state index contributed by atoms with van der Waals surface area (Å²) in [6.07, 6.45) is 9.12. The predicted octanol–water partition coefficient (Wildman–Crippen LogP) is 2.26. The van der Waals surface area contributed by atoms with Crippen LogP contribution in [0.5, 0.6) is 0 Å². The number of hydrogen-bond acceptors (Lipinski definition) is 3. The van der Waals surface area contributed by atoms with Gasteiger partial charge in [-0.25, -0.2) is 9.97 Å². The van der Waals surface area contributed by atoms with Crippen LogP contribution in [0, 0.1) is 10.8 Å². The SMILES string of the molecule is CC1(C)CC(=S)C2=c3nc4ccncn4c3=CCC2(C)C1. The maximum Gasteiger partial charge on any atom is 0.140 e. The Balaban J connectivity index is 2.10. The minimum absolute atomic E-state index is 0.122. The standard InChI is InChI=1S/C17H19N3S/c1-16(2)8-12(21)14-15-11(4-6-17(14,3)9-16)20-10-18-7-5-13(20)19-15/h4-5,7,10H,6,8-9H2,1-3H3. The summed E-state index contributed by atoms with van der Waals surface area (Å²) in [5.41, 5.74) is 2.66. The van der Waals surface area contributed by atoms with Gasteiger partial charge in [0.1, 0.15) is 12.0 Å².